The van der Waals surface area contributed by atoms with Crippen LogP contribution in [0, 0.1) is 0 Å². The van der Waals surface area contributed by atoms with Gasteiger partial charge in [-0.15, -0.1) is 0 Å². The average molecular weight is 254 g/mol. The highest BCUT2D eigenvalue weighted by Crippen LogP contribution is 2.39. The van der Waals surface area contributed by atoms with Crippen LogP contribution in [-0.4, -0.2) is 42.3 Å². The normalized spacial score (nSPS) is 33.0. The number of nitrogens with zero attached hydrogens (tertiary/aromatic N) is 1. The van der Waals surface area contributed by atoms with E-state index in [-0.39, 0.29) is 5.54 Å². The number of ether oxygens (including phenoxy) is 1. The predicted octanol–water partition coefficient (Wildman–Crippen LogP) is 2.54. The van der Waals surface area contributed by atoms with E-state index in [9.17, 15) is 0 Å². The van der Waals surface area contributed by atoms with Crippen molar-refractivity contribution in [2.45, 2.75) is 76.5 Å². The second-order valence-corrected chi connectivity index (χ2v) is 6.06. The van der Waals surface area contributed by atoms with E-state index in [4.69, 9.17) is 10.5 Å². The highest BCUT2D eigenvalue weighted by atomic mass is 16.5. The fourth-order valence-electron chi connectivity index (χ4n) is 3.35. The number of unbranched alkanes of at least 4 members (excludes halogenated alkanes) is 1. The first-order valence-electron chi connectivity index (χ1n) is 7.84. The summed E-state index contributed by atoms with van der Waals surface area (Å²) < 4.78 is 5.86. The summed E-state index contributed by atoms with van der Waals surface area (Å²) in [6, 6.07) is 0.815. The predicted molar refractivity (Wildman–Crippen MR) is 75.7 cm³/mol. The number of rotatable bonds is 7. The Kier molecular flexibility index (Phi) is 5.05. The molecule has 0 aromatic heterocycles. The summed E-state index contributed by atoms with van der Waals surface area (Å²) in [4.78, 5) is 2.75. The Morgan fingerprint density at radius 2 is 2.11 bits per heavy atom. The lowest BCUT2D eigenvalue weighted by Crippen LogP contribution is -2.59. The summed E-state index contributed by atoms with van der Waals surface area (Å²) in [6.07, 6.45) is 9.14. The van der Waals surface area contributed by atoms with Crippen LogP contribution in [0.5, 0.6) is 0 Å². The van der Waals surface area contributed by atoms with Gasteiger partial charge >= 0.3 is 0 Å². The number of hydrogen-bond donors (Lipinski definition) is 1. The van der Waals surface area contributed by atoms with Gasteiger partial charge in [0, 0.05) is 24.7 Å². The molecule has 0 radical (unpaired) electrons. The van der Waals surface area contributed by atoms with Crippen LogP contribution in [0.4, 0.5) is 0 Å². The minimum absolute atomic E-state index is 0.231. The smallest absolute Gasteiger partial charge is 0.0590 e. The number of hydrogen-bond acceptors (Lipinski definition) is 3. The van der Waals surface area contributed by atoms with Crippen LogP contribution < -0.4 is 5.73 Å². The second-order valence-electron chi connectivity index (χ2n) is 6.06. The quantitative estimate of drug-likeness (QED) is 0.759. The first-order valence-corrected chi connectivity index (χ1v) is 7.84. The molecule has 0 amide bonds. The third-order valence-electron chi connectivity index (χ3n) is 4.71. The second kappa shape index (κ2) is 6.36. The Labute approximate surface area is 112 Å². The molecule has 2 atom stereocenters. The van der Waals surface area contributed by atoms with E-state index in [2.05, 4.69) is 18.7 Å². The molecule has 1 saturated carbocycles. The molecule has 2 N–H and O–H groups in total. The Morgan fingerprint density at radius 3 is 2.67 bits per heavy atom. The first-order chi connectivity index (χ1) is 8.75. The number of nitrogens with two attached hydrogens (primary N) is 1. The maximum atomic E-state index is 6.20. The van der Waals surface area contributed by atoms with E-state index in [0.29, 0.717) is 6.10 Å². The average Bonchev–Trinajstić information content (AvgIpc) is 3.24. The van der Waals surface area contributed by atoms with E-state index in [1.165, 1.54) is 32.2 Å². The highest BCUT2D eigenvalue weighted by Gasteiger charge is 2.45. The van der Waals surface area contributed by atoms with Gasteiger partial charge in [0.2, 0.25) is 0 Å². The van der Waals surface area contributed by atoms with Crippen molar-refractivity contribution in [1.82, 2.24) is 4.90 Å². The van der Waals surface area contributed by atoms with Crippen LogP contribution >= 0.6 is 0 Å². The molecule has 1 saturated heterocycles. The van der Waals surface area contributed by atoms with E-state index in [1.807, 2.05) is 0 Å². The molecule has 1 aliphatic carbocycles. The fourth-order valence-corrected chi connectivity index (χ4v) is 3.35. The topological polar surface area (TPSA) is 38.5 Å². The Balaban J connectivity index is 2.06. The molecule has 3 nitrogen and oxygen atoms in total. The fraction of sp³-hybridized carbons (Fsp3) is 1.00. The van der Waals surface area contributed by atoms with Gasteiger partial charge in [-0.1, -0.05) is 20.3 Å². The summed E-state index contributed by atoms with van der Waals surface area (Å²) in [7, 11) is 0. The van der Waals surface area contributed by atoms with Crippen molar-refractivity contribution in [1.29, 1.82) is 0 Å². The standard InChI is InChI=1S/C15H30N2O/c1-3-5-9-17(13-6-7-13)15(12-16)8-10-18-14(4-2)11-15/h13-14H,3-12,16H2,1-2H3. The third kappa shape index (κ3) is 3.06. The van der Waals surface area contributed by atoms with Crippen molar-refractivity contribution < 1.29 is 4.74 Å². The van der Waals surface area contributed by atoms with Crippen molar-refractivity contribution in [3.8, 4) is 0 Å². The monoisotopic (exact) mass is 254 g/mol. The molecule has 1 heterocycles. The molecular formula is C15H30N2O. The molecule has 3 heteroatoms. The van der Waals surface area contributed by atoms with E-state index in [1.54, 1.807) is 0 Å². The van der Waals surface area contributed by atoms with Crippen LogP contribution in [0.1, 0.15) is 58.8 Å². The molecule has 2 unspecified atom stereocenters. The van der Waals surface area contributed by atoms with Crippen molar-refractivity contribution in [2.75, 3.05) is 19.7 Å². The van der Waals surface area contributed by atoms with Crippen molar-refractivity contribution >= 4 is 0 Å². The summed E-state index contributed by atoms with van der Waals surface area (Å²) in [6.45, 7) is 7.43. The lowest BCUT2D eigenvalue weighted by molar-refractivity contribution is -0.0752. The SMILES string of the molecule is CCCCN(C1CC1)C1(CN)CCOC(CC)C1. The summed E-state index contributed by atoms with van der Waals surface area (Å²) in [5, 5.41) is 0. The van der Waals surface area contributed by atoms with Gasteiger partial charge in [0.1, 0.15) is 0 Å². The van der Waals surface area contributed by atoms with Crippen molar-refractivity contribution in [3.63, 3.8) is 0 Å². The first kappa shape index (κ1) is 14.3. The van der Waals surface area contributed by atoms with Gasteiger partial charge in [0.05, 0.1) is 6.10 Å². The molecule has 2 aliphatic rings. The van der Waals surface area contributed by atoms with E-state index < -0.39 is 0 Å². The minimum atomic E-state index is 0.231. The third-order valence-corrected chi connectivity index (χ3v) is 4.71. The van der Waals surface area contributed by atoms with Gasteiger partial charge in [-0.2, -0.15) is 0 Å². The van der Waals surface area contributed by atoms with Crippen LogP contribution in [0.25, 0.3) is 0 Å². The summed E-state index contributed by atoms with van der Waals surface area (Å²) >= 11 is 0. The molecule has 0 aromatic rings. The largest absolute Gasteiger partial charge is 0.378 e. The molecule has 0 aromatic carbocycles. The Morgan fingerprint density at radius 1 is 1.33 bits per heavy atom. The van der Waals surface area contributed by atoms with E-state index >= 15 is 0 Å². The summed E-state index contributed by atoms with van der Waals surface area (Å²) in [5.41, 5.74) is 6.43. The van der Waals surface area contributed by atoms with Crippen LogP contribution in [0.2, 0.25) is 0 Å². The lowest BCUT2D eigenvalue weighted by Gasteiger charge is -2.48. The van der Waals surface area contributed by atoms with Crippen LogP contribution in [-0.2, 0) is 4.74 Å². The van der Waals surface area contributed by atoms with Crippen LogP contribution in [0.3, 0.4) is 0 Å². The van der Waals surface area contributed by atoms with Gasteiger partial charge in [0.25, 0.3) is 0 Å². The molecular weight excluding hydrogens is 224 g/mol. The van der Waals surface area contributed by atoms with Gasteiger partial charge < -0.3 is 10.5 Å². The molecule has 0 spiro atoms. The maximum absolute atomic E-state index is 6.20. The highest BCUT2D eigenvalue weighted by molar-refractivity contribution is 5.01. The maximum Gasteiger partial charge on any atom is 0.0590 e. The molecule has 2 fully saturated rings. The zero-order valence-electron chi connectivity index (χ0n) is 12.2. The molecule has 106 valence electrons. The van der Waals surface area contributed by atoms with Gasteiger partial charge in [-0.05, 0) is 45.1 Å². The lowest BCUT2D eigenvalue weighted by atomic mass is 9.83. The molecule has 0 bridgehead atoms. The molecule has 1 aliphatic heterocycles. The zero-order valence-corrected chi connectivity index (χ0v) is 12.2. The zero-order chi connectivity index (χ0) is 13.0. The van der Waals surface area contributed by atoms with Crippen molar-refractivity contribution in [3.05, 3.63) is 0 Å². The van der Waals surface area contributed by atoms with Gasteiger partial charge in [0.15, 0.2) is 0 Å². The molecule has 2 rings (SSSR count). The van der Waals surface area contributed by atoms with Crippen molar-refractivity contribution in [2.24, 2.45) is 5.73 Å². The minimum Gasteiger partial charge on any atom is -0.378 e. The van der Waals surface area contributed by atoms with E-state index in [0.717, 1.165) is 38.5 Å². The van der Waals surface area contributed by atoms with Gasteiger partial charge in [-0.3, -0.25) is 4.90 Å². The van der Waals surface area contributed by atoms with Crippen LogP contribution in [0.15, 0.2) is 0 Å². The Bertz CT molecular complexity index is 255. The molecule has 18 heavy (non-hydrogen) atoms. The Hall–Kier alpha value is -0.120. The van der Waals surface area contributed by atoms with Gasteiger partial charge in [-0.25, -0.2) is 0 Å². The summed E-state index contributed by atoms with van der Waals surface area (Å²) in [5.74, 6) is 0.